The van der Waals surface area contributed by atoms with E-state index < -0.39 is 6.17 Å². The number of hydrogen-bond donors (Lipinski definition) is 1. The third-order valence-electron chi connectivity index (χ3n) is 3.33. The number of benzene rings is 1. The van der Waals surface area contributed by atoms with Crippen LogP contribution in [0, 0.1) is 6.92 Å². The van der Waals surface area contributed by atoms with Crippen LogP contribution in [0.5, 0.6) is 0 Å². The van der Waals surface area contributed by atoms with Gasteiger partial charge in [-0.2, -0.15) is 0 Å². The molecule has 0 radical (unpaired) electrons. The predicted molar refractivity (Wildman–Crippen MR) is 82.4 cm³/mol. The zero-order chi connectivity index (χ0) is 14.9. The van der Waals surface area contributed by atoms with Crippen LogP contribution < -0.4 is 5.73 Å². The van der Waals surface area contributed by atoms with Crippen LogP contribution in [0.25, 0.3) is 11.3 Å². The normalized spacial score (nSPS) is 20.2. The van der Waals surface area contributed by atoms with E-state index in [1.807, 2.05) is 39.0 Å². The van der Waals surface area contributed by atoms with Crippen LogP contribution in [0.4, 0.5) is 10.2 Å². The van der Waals surface area contributed by atoms with Gasteiger partial charge in [-0.05, 0) is 31.0 Å². The van der Waals surface area contributed by atoms with Crippen LogP contribution >= 0.6 is 15.9 Å². The Labute approximate surface area is 126 Å². The second kappa shape index (κ2) is 5.95. The minimum Gasteiger partial charge on any atom is -0.381 e. The minimum absolute atomic E-state index is 0.0289. The van der Waals surface area contributed by atoms with Crippen molar-refractivity contribution in [2.24, 2.45) is 0 Å². The van der Waals surface area contributed by atoms with Crippen LogP contribution in [0.3, 0.4) is 0 Å². The van der Waals surface area contributed by atoms with Gasteiger partial charge in [-0.3, -0.25) is 0 Å². The molecule has 108 valence electrons. The molecule has 2 unspecified atom stereocenters. The number of nitrogen functional groups attached to an aromatic ring is 1. The fourth-order valence-electron chi connectivity index (χ4n) is 2.13. The second-order valence-corrected chi connectivity index (χ2v) is 5.53. The first-order valence-corrected chi connectivity index (χ1v) is 7.53. The number of aromatic nitrogens is 1. The van der Waals surface area contributed by atoms with E-state index >= 15 is 0 Å². The van der Waals surface area contributed by atoms with Gasteiger partial charge < -0.3 is 10.3 Å². The zero-order valence-electron chi connectivity index (χ0n) is 11.8. The Morgan fingerprint density at radius 3 is 2.55 bits per heavy atom. The Morgan fingerprint density at radius 1 is 1.40 bits per heavy atom. The number of nitrogens with zero attached hydrogens (tertiary/aromatic N) is 1. The van der Waals surface area contributed by atoms with Gasteiger partial charge >= 0.3 is 0 Å². The van der Waals surface area contributed by atoms with Crippen LogP contribution in [-0.4, -0.2) is 11.3 Å². The quantitative estimate of drug-likeness (QED) is 0.850. The SMILES string of the molecule is CC.Cc1c(N)noc1-c1cc(Br)ccc1C1CC1F. The molecule has 1 aliphatic carbocycles. The maximum absolute atomic E-state index is 13.3. The summed E-state index contributed by atoms with van der Waals surface area (Å²) < 4.78 is 19.5. The van der Waals surface area contributed by atoms with Gasteiger partial charge in [0, 0.05) is 21.5 Å². The van der Waals surface area contributed by atoms with Gasteiger partial charge in [0.1, 0.15) is 6.17 Å². The highest BCUT2D eigenvalue weighted by atomic mass is 79.9. The fourth-order valence-corrected chi connectivity index (χ4v) is 2.49. The second-order valence-electron chi connectivity index (χ2n) is 4.61. The molecule has 0 aliphatic heterocycles. The van der Waals surface area contributed by atoms with Crippen molar-refractivity contribution in [3.05, 3.63) is 33.8 Å². The van der Waals surface area contributed by atoms with E-state index in [1.165, 1.54) is 0 Å². The Balaban J connectivity index is 0.000000704. The van der Waals surface area contributed by atoms with Crippen molar-refractivity contribution in [3.8, 4) is 11.3 Å². The molecular formula is C15H18BrFN2O. The van der Waals surface area contributed by atoms with Gasteiger partial charge in [0.2, 0.25) is 0 Å². The van der Waals surface area contributed by atoms with Gasteiger partial charge in [0.05, 0.1) is 0 Å². The zero-order valence-corrected chi connectivity index (χ0v) is 13.4. The monoisotopic (exact) mass is 340 g/mol. The highest BCUT2D eigenvalue weighted by Gasteiger charge is 2.40. The van der Waals surface area contributed by atoms with E-state index in [2.05, 4.69) is 21.1 Å². The summed E-state index contributed by atoms with van der Waals surface area (Å²) in [5, 5.41) is 3.76. The van der Waals surface area contributed by atoms with E-state index in [-0.39, 0.29) is 5.92 Å². The summed E-state index contributed by atoms with van der Waals surface area (Å²) >= 11 is 3.42. The largest absolute Gasteiger partial charge is 0.381 e. The van der Waals surface area contributed by atoms with Crippen LogP contribution in [0.15, 0.2) is 27.2 Å². The molecule has 1 heterocycles. The van der Waals surface area contributed by atoms with Crippen molar-refractivity contribution >= 4 is 21.7 Å². The van der Waals surface area contributed by atoms with E-state index in [1.54, 1.807) is 0 Å². The van der Waals surface area contributed by atoms with Crippen LogP contribution in [0.2, 0.25) is 0 Å². The maximum atomic E-state index is 13.3. The van der Waals surface area contributed by atoms with Crippen molar-refractivity contribution < 1.29 is 8.91 Å². The molecule has 1 fully saturated rings. The third kappa shape index (κ3) is 2.73. The van der Waals surface area contributed by atoms with Crippen LogP contribution in [0.1, 0.15) is 37.3 Å². The van der Waals surface area contributed by atoms with Crippen molar-refractivity contribution in [2.75, 3.05) is 5.73 Å². The minimum atomic E-state index is -0.745. The van der Waals surface area contributed by atoms with Crippen molar-refractivity contribution in [1.82, 2.24) is 5.16 Å². The summed E-state index contributed by atoms with van der Waals surface area (Å²) in [7, 11) is 0. The van der Waals surface area contributed by atoms with Crippen molar-refractivity contribution in [3.63, 3.8) is 0 Å². The van der Waals surface area contributed by atoms with Crippen molar-refractivity contribution in [1.29, 1.82) is 0 Å². The summed E-state index contributed by atoms with van der Waals surface area (Å²) in [6, 6.07) is 5.77. The molecule has 0 bridgehead atoms. The summed E-state index contributed by atoms with van der Waals surface area (Å²) in [6.45, 7) is 5.85. The van der Waals surface area contributed by atoms with Gasteiger partial charge in [0.25, 0.3) is 0 Å². The summed E-state index contributed by atoms with van der Waals surface area (Å²) in [5.74, 6) is 0.977. The van der Waals surface area contributed by atoms with Gasteiger partial charge in [-0.25, -0.2) is 4.39 Å². The molecule has 2 N–H and O–H groups in total. The average molecular weight is 341 g/mol. The molecule has 2 aromatic rings. The molecule has 0 saturated heterocycles. The number of anilines is 1. The average Bonchev–Trinajstić information content (AvgIpc) is 3.08. The molecule has 0 amide bonds. The lowest BCUT2D eigenvalue weighted by Crippen LogP contribution is -1.91. The predicted octanol–water partition coefficient (Wildman–Crippen LogP) is 4.85. The molecule has 3 nitrogen and oxygen atoms in total. The molecule has 1 saturated carbocycles. The molecule has 20 heavy (non-hydrogen) atoms. The lowest BCUT2D eigenvalue weighted by Gasteiger charge is -2.07. The number of nitrogens with two attached hydrogens (primary N) is 1. The molecule has 0 spiro atoms. The first-order chi connectivity index (χ1) is 9.58. The summed E-state index contributed by atoms with van der Waals surface area (Å²) in [5.41, 5.74) is 8.33. The lowest BCUT2D eigenvalue weighted by atomic mass is 9.99. The van der Waals surface area contributed by atoms with E-state index in [0.717, 1.165) is 21.2 Å². The number of hydrogen-bond acceptors (Lipinski definition) is 3. The Bertz CT molecular complexity index is 612. The smallest absolute Gasteiger partial charge is 0.172 e. The third-order valence-corrected chi connectivity index (χ3v) is 3.83. The Morgan fingerprint density at radius 2 is 2.05 bits per heavy atom. The number of alkyl halides is 1. The number of halogens is 2. The summed E-state index contributed by atoms with van der Waals surface area (Å²) in [4.78, 5) is 0. The highest BCUT2D eigenvalue weighted by Crippen LogP contribution is 2.48. The van der Waals surface area contributed by atoms with Crippen molar-refractivity contribution in [2.45, 2.75) is 39.3 Å². The van der Waals surface area contributed by atoms with E-state index in [0.29, 0.717) is 18.0 Å². The summed E-state index contributed by atoms with van der Waals surface area (Å²) in [6.07, 6.45) is -0.164. The standard InChI is InChI=1S/C13H12BrFN2O.C2H6/c1-6-12(18-17-13(6)16)10-4-7(14)2-3-8(10)9-5-11(9)15;1-2/h2-4,9,11H,5H2,1H3,(H2,16,17);1-2H3. The number of rotatable bonds is 2. The maximum Gasteiger partial charge on any atom is 0.172 e. The van der Waals surface area contributed by atoms with Gasteiger partial charge in [-0.15, -0.1) is 0 Å². The Kier molecular flexibility index (Phi) is 4.48. The molecule has 5 heteroatoms. The topological polar surface area (TPSA) is 52.0 Å². The molecule has 2 atom stereocenters. The first-order valence-electron chi connectivity index (χ1n) is 6.73. The highest BCUT2D eigenvalue weighted by molar-refractivity contribution is 9.10. The van der Waals surface area contributed by atoms with Crippen LogP contribution in [-0.2, 0) is 0 Å². The molecular weight excluding hydrogens is 323 g/mol. The fraction of sp³-hybridized carbons (Fsp3) is 0.400. The molecule has 3 rings (SSSR count). The van der Waals surface area contributed by atoms with Gasteiger partial charge in [-0.1, -0.05) is 41.0 Å². The Hall–Kier alpha value is -1.36. The molecule has 1 aliphatic rings. The lowest BCUT2D eigenvalue weighted by molar-refractivity contribution is 0.434. The van der Waals surface area contributed by atoms with E-state index in [9.17, 15) is 4.39 Å². The molecule has 1 aromatic carbocycles. The molecule has 1 aromatic heterocycles. The van der Waals surface area contributed by atoms with Gasteiger partial charge in [0.15, 0.2) is 11.6 Å². The van der Waals surface area contributed by atoms with E-state index in [4.69, 9.17) is 10.3 Å². The first kappa shape index (κ1) is 15.0.